The molecule has 4 nitrogen and oxygen atoms in total. The van der Waals surface area contributed by atoms with Crippen molar-refractivity contribution in [1.29, 1.82) is 0 Å². The molecule has 28 heavy (non-hydrogen) atoms. The smallest absolute Gasteiger partial charge is 0.226 e. The number of rotatable bonds is 3. The Kier molecular flexibility index (Phi) is 6.37. The first-order valence-corrected chi connectivity index (χ1v) is 11.3. The van der Waals surface area contributed by atoms with Crippen LogP contribution in [0.2, 0.25) is 0 Å². The number of carbonyl (C=O) groups is 1. The van der Waals surface area contributed by atoms with Crippen molar-refractivity contribution in [2.24, 2.45) is 5.92 Å². The van der Waals surface area contributed by atoms with Gasteiger partial charge < -0.3 is 14.5 Å². The number of piperidine rings is 1. The largest absolute Gasteiger partial charge is 0.381 e. The summed E-state index contributed by atoms with van der Waals surface area (Å²) in [5.41, 5.74) is 1.41. The summed E-state index contributed by atoms with van der Waals surface area (Å²) < 4.78 is 5.53. The molecule has 0 aromatic heterocycles. The van der Waals surface area contributed by atoms with E-state index < -0.39 is 0 Å². The number of ether oxygens (including phenoxy) is 1. The highest BCUT2D eigenvalue weighted by molar-refractivity contribution is 5.79. The van der Waals surface area contributed by atoms with Gasteiger partial charge in [-0.15, -0.1) is 0 Å². The average Bonchev–Trinajstić information content (AvgIpc) is 2.98. The normalized spacial score (nSPS) is 34.5. The maximum Gasteiger partial charge on any atom is 0.226 e. The summed E-state index contributed by atoms with van der Waals surface area (Å²) in [6, 6.07) is 11.7. The van der Waals surface area contributed by atoms with Crippen LogP contribution in [0.4, 0.5) is 0 Å². The third-order valence-corrected chi connectivity index (χ3v) is 7.54. The monoisotopic (exact) mass is 384 g/mol. The molecule has 2 saturated heterocycles. The van der Waals surface area contributed by atoms with Crippen molar-refractivity contribution in [1.82, 2.24) is 9.80 Å². The number of likely N-dealkylation sites (N-methyl/N-ethyl adjacent to an activating group) is 1. The predicted octanol–water partition coefficient (Wildman–Crippen LogP) is 4.06. The molecule has 1 aromatic carbocycles. The molecule has 1 aliphatic carbocycles. The van der Waals surface area contributed by atoms with Gasteiger partial charge in [0, 0.05) is 31.5 Å². The van der Waals surface area contributed by atoms with Gasteiger partial charge in [-0.25, -0.2) is 0 Å². The van der Waals surface area contributed by atoms with Crippen molar-refractivity contribution in [3.63, 3.8) is 0 Å². The molecule has 154 valence electrons. The minimum atomic E-state index is 0.189. The zero-order valence-electron chi connectivity index (χ0n) is 17.6. The van der Waals surface area contributed by atoms with Gasteiger partial charge in [0.1, 0.15) is 0 Å². The van der Waals surface area contributed by atoms with E-state index in [0.717, 1.165) is 51.6 Å². The van der Waals surface area contributed by atoms with Crippen molar-refractivity contribution >= 4 is 5.91 Å². The maximum atomic E-state index is 13.7. The van der Waals surface area contributed by atoms with Crippen molar-refractivity contribution < 1.29 is 9.53 Å². The molecule has 4 heteroatoms. The van der Waals surface area contributed by atoms with E-state index in [-0.39, 0.29) is 5.92 Å². The van der Waals surface area contributed by atoms with Gasteiger partial charge in [-0.2, -0.15) is 0 Å². The Morgan fingerprint density at radius 1 is 0.964 bits per heavy atom. The summed E-state index contributed by atoms with van der Waals surface area (Å²) in [4.78, 5) is 18.6. The molecule has 0 unspecified atom stereocenters. The van der Waals surface area contributed by atoms with E-state index in [9.17, 15) is 4.79 Å². The highest BCUT2D eigenvalue weighted by Crippen LogP contribution is 2.40. The van der Waals surface area contributed by atoms with Crippen molar-refractivity contribution in [3.8, 4) is 0 Å². The van der Waals surface area contributed by atoms with Crippen LogP contribution in [0.1, 0.15) is 62.8 Å². The first kappa shape index (κ1) is 19.9. The zero-order valence-corrected chi connectivity index (χ0v) is 17.6. The quantitative estimate of drug-likeness (QED) is 0.788. The molecule has 3 atom stereocenters. The molecule has 1 amide bonds. The van der Waals surface area contributed by atoms with Crippen LogP contribution in [0, 0.1) is 5.92 Å². The Morgan fingerprint density at radius 3 is 2.43 bits per heavy atom. The standard InChI is InChI=1S/C24H36N2O2/c1-25-17-15-21(18-8-4-3-5-9-18)23-22(25)10-6-7-16-26(23)24(27)19-11-13-20(28-2)14-12-19/h3-5,8-9,19-23H,6-7,10-17H2,1-2H3/t19?,20?,21-,22-,23-/m1/s1. The lowest BCUT2D eigenvalue weighted by Crippen LogP contribution is -2.59. The summed E-state index contributed by atoms with van der Waals surface area (Å²) >= 11 is 0. The number of nitrogens with zero attached hydrogens (tertiary/aromatic N) is 2. The Morgan fingerprint density at radius 2 is 1.71 bits per heavy atom. The lowest BCUT2D eigenvalue weighted by Gasteiger charge is -2.49. The number of likely N-dealkylation sites (tertiary alicyclic amines) is 2. The molecule has 0 spiro atoms. The lowest BCUT2D eigenvalue weighted by molar-refractivity contribution is -0.142. The van der Waals surface area contributed by atoms with Crippen molar-refractivity contribution in [2.75, 3.05) is 27.2 Å². The first-order chi connectivity index (χ1) is 13.7. The van der Waals surface area contributed by atoms with Crippen molar-refractivity contribution in [2.45, 2.75) is 75.5 Å². The summed E-state index contributed by atoms with van der Waals surface area (Å²) in [6.07, 6.45) is 9.09. The Labute approximate surface area is 170 Å². The van der Waals surface area contributed by atoms with Crippen LogP contribution >= 0.6 is 0 Å². The molecule has 4 rings (SSSR count). The van der Waals surface area contributed by atoms with E-state index in [1.807, 2.05) is 0 Å². The number of hydrogen-bond donors (Lipinski definition) is 0. The summed E-state index contributed by atoms with van der Waals surface area (Å²) in [5.74, 6) is 1.07. The minimum absolute atomic E-state index is 0.189. The van der Waals surface area contributed by atoms with Gasteiger partial charge >= 0.3 is 0 Å². The lowest BCUT2D eigenvalue weighted by atomic mass is 9.78. The van der Waals surface area contributed by atoms with Gasteiger partial charge in [-0.3, -0.25) is 4.79 Å². The number of amides is 1. The Hall–Kier alpha value is -1.39. The first-order valence-electron chi connectivity index (χ1n) is 11.3. The molecule has 3 fully saturated rings. The van der Waals surface area contributed by atoms with Crippen LogP contribution < -0.4 is 0 Å². The van der Waals surface area contributed by atoms with E-state index in [1.54, 1.807) is 7.11 Å². The fourth-order valence-corrected chi connectivity index (χ4v) is 5.91. The van der Waals surface area contributed by atoms with Crippen LogP contribution in [0.3, 0.4) is 0 Å². The molecule has 0 bridgehead atoms. The van der Waals surface area contributed by atoms with Crippen LogP contribution in [-0.2, 0) is 9.53 Å². The minimum Gasteiger partial charge on any atom is -0.381 e. The van der Waals surface area contributed by atoms with Gasteiger partial charge in [-0.05, 0) is 64.1 Å². The number of fused-ring (bicyclic) bond motifs is 1. The zero-order chi connectivity index (χ0) is 19.5. The number of benzene rings is 1. The van der Waals surface area contributed by atoms with Crippen LogP contribution in [0.15, 0.2) is 30.3 Å². The molecular weight excluding hydrogens is 348 g/mol. The predicted molar refractivity (Wildman–Crippen MR) is 112 cm³/mol. The molecule has 1 aromatic rings. The topological polar surface area (TPSA) is 32.8 Å². The average molecular weight is 385 g/mol. The third-order valence-electron chi connectivity index (χ3n) is 7.54. The van der Waals surface area contributed by atoms with Gasteiger partial charge in [0.15, 0.2) is 0 Å². The van der Waals surface area contributed by atoms with E-state index in [0.29, 0.717) is 30.0 Å². The second-order valence-electron chi connectivity index (χ2n) is 9.08. The highest BCUT2D eigenvalue weighted by Gasteiger charge is 2.44. The Balaban J connectivity index is 1.60. The second-order valence-corrected chi connectivity index (χ2v) is 9.08. The van der Waals surface area contributed by atoms with Crippen LogP contribution in [0.25, 0.3) is 0 Å². The third kappa shape index (κ3) is 3.99. The molecule has 0 radical (unpaired) electrons. The van der Waals surface area contributed by atoms with Gasteiger partial charge in [0.25, 0.3) is 0 Å². The number of hydrogen-bond acceptors (Lipinski definition) is 3. The maximum absolute atomic E-state index is 13.7. The van der Waals surface area contributed by atoms with Gasteiger partial charge in [0.2, 0.25) is 5.91 Å². The van der Waals surface area contributed by atoms with Gasteiger partial charge in [-0.1, -0.05) is 36.8 Å². The van der Waals surface area contributed by atoms with E-state index >= 15 is 0 Å². The summed E-state index contributed by atoms with van der Waals surface area (Å²) in [7, 11) is 4.06. The van der Waals surface area contributed by atoms with Crippen molar-refractivity contribution in [3.05, 3.63) is 35.9 Å². The molecule has 1 saturated carbocycles. The Bertz CT molecular complexity index is 641. The molecule has 0 N–H and O–H groups in total. The van der Waals surface area contributed by atoms with Crippen LogP contribution in [0.5, 0.6) is 0 Å². The van der Waals surface area contributed by atoms with E-state index in [2.05, 4.69) is 47.2 Å². The number of methoxy groups -OCH3 is 1. The molecule has 3 aliphatic rings. The van der Waals surface area contributed by atoms with E-state index in [4.69, 9.17) is 4.74 Å². The highest BCUT2D eigenvalue weighted by atomic mass is 16.5. The molecular formula is C24H36N2O2. The fraction of sp³-hybridized carbons (Fsp3) is 0.708. The fourth-order valence-electron chi connectivity index (χ4n) is 5.91. The van der Waals surface area contributed by atoms with Crippen LogP contribution in [-0.4, -0.2) is 61.1 Å². The molecule has 2 aliphatic heterocycles. The molecule has 2 heterocycles. The van der Waals surface area contributed by atoms with E-state index in [1.165, 1.54) is 18.4 Å². The SMILES string of the molecule is COC1CCC(C(=O)N2CCCC[C@@H]3[C@H]2[C@@H](c2ccccc2)CCN3C)CC1. The number of carbonyl (C=O) groups excluding carboxylic acids is 1. The summed E-state index contributed by atoms with van der Waals surface area (Å²) in [6.45, 7) is 2.06. The second kappa shape index (κ2) is 8.96. The summed E-state index contributed by atoms with van der Waals surface area (Å²) in [5, 5.41) is 0. The van der Waals surface area contributed by atoms with Gasteiger partial charge in [0.05, 0.1) is 12.1 Å².